The minimum absolute atomic E-state index is 0.00523. The molecular weight excluding hydrogens is 246 g/mol. The maximum Gasteiger partial charge on any atom is 0.263 e. The fraction of sp³-hybridized carbons (Fsp3) is 0.692. The van der Waals surface area contributed by atoms with Crippen molar-refractivity contribution in [3.8, 4) is 0 Å². The van der Waals surface area contributed by atoms with Crippen LogP contribution in [-0.2, 0) is 6.42 Å². The van der Waals surface area contributed by atoms with Crippen LogP contribution in [0.2, 0.25) is 0 Å². The van der Waals surface area contributed by atoms with Gasteiger partial charge in [0.05, 0.1) is 10.7 Å². The van der Waals surface area contributed by atoms with Crippen molar-refractivity contribution in [3.05, 3.63) is 15.6 Å². The average molecular weight is 269 g/mol. The lowest BCUT2D eigenvalue weighted by Gasteiger charge is -2.04. The van der Waals surface area contributed by atoms with Crippen molar-refractivity contribution in [3.63, 3.8) is 0 Å². The van der Waals surface area contributed by atoms with Gasteiger partial charge in [0.2, 0.25) is 0 Å². The Morgan fingerprint density at radius 1 is 1.22 bits per heavy atom. The molecule has 0 saturated carbocycles. The third kappa shape index (κ3) is 4.74. The Bertz CT molecular complexity index is 376. The van der Waals surface area contributed by atoms with E-state index in [0.29, 0.717) is 6.54 Å². The van der Waals surface area contributed by atoms with Gasteiger partial charge in [0, 0.05) is 13.1 Å². The molecule has 0 saturated heterocycles. The van der Waals surface area contributed by atoms with Gasteiger partial charge < -0.3 is 10.6 Å². The lowest BCUT2D eigenvalue weighted by atomic mass is 10.3. The third-order valence-electron chi connectivity index (χ3n) is 2.53. The van der Waals surface area contributed by atoms with Crippen LogP contribution in [0.4, 0.5) is 0 Å². The van der Waals surface area contributed by atoms with Crippen molar-refractivity contribution in [2.75, 3.05) is 19.6 Å². The minimum atomic E-state index is 0.00523. The van der Waals surface area contributed by atoms with Gasteiger partial charge in [-0.05, 0) is 32.7 Å². The maximum absolute atomic E-state index is 11.9. The molecule has 2 N–H and O–H groups in total. The summed E-state index contributed by atoms with van der Waals surface area (Å²) in [6, 6.07) is 0. The molecule has 1 rings (SSSR count). The Kier molecular flexibility index (Phi) is 6.90. The second kappa shape index (κ2) is 8.21. The van der Waals surface area contributed by atoms with E-state index in [4.69, 9.17) is 0 Å². The van der Waals surface area contributed by atoms with Crippen molar-refractivity contribution in [1.82, 2.24) is 15.6 Å². The van der Waals surface area contributed by atoms with Crippen LogP contribution < -0.4 is 10.6 Å². The van der Waals surface area contributed by atoms with E-state index in [1.807, 2.05) is 6.92 Å². The molecule has 0 aliphatic rings. The smallest absolute Gasteiger partial charge is 0.263 e. The van der Waals surface area contributed by atoms with E-state index in [1.54, 1.807) is 0 Å². The predicted octanol–water partition coefficient (Wildman–Crippen LogP) is 2.13. The van der Waals surface area contributed by atoms with Crippen LogP contribution in [0.3, 0.4) is 0 Å². The molecule has 1 aromatic heterocycles. The Balaban J connectivity index is 2.41. The Labute approximate surface area is 113 Å². The quantitative estimate of drug-likeness (QED) is 0.711. The standard InChI is InChI=1S/C13H23N3OS/c1-4-6-11-16-10(3)12(18-11)13(17)15-9-8-14-7-5-2/h14H,4-9H2,1-3H3,(H,15,17). The van der Waals surface area contributed by atoms with E-state index in [1.165, 1.54) is 11.3 Å². The highest BCUT2D eigenvalue weighted by Gasteiger charge is 2.14. The molecule has 5 heteroatoms. The van der Waals surface area contributed by atoms with Crippen LogP contribution in [0.5, 0.6) is 0 Å². The molecule has 102 valence electrons. The molecule has 0 radical (unpaired) electrons. The van der Waals surface area contributed by atoms with E-state index < -0.39 is 0 Å². The molecule has 1 aromatic rings. The van der Waals surface area contributed by atoms with Crippen LogP contribution >= 0.6 is 11.3 Å². The van der Waals surface area contributed by atoms with Crippen LogP contribution in [0.15, 0.2) is 0 Å². The Hall–Kier alpha value is -0.940. The van der Waals surface area contributed by atoms with Gasteiger partial charge in [-0.25, -0.2) is 4.98 Å². The van der Waals surface area contributed by atoms with Gasteiger partial charge in [0.1, 0.15) is 4.88 Å². The fourth-order valence-corrected chi connectivity index (χ4v) is 2.71. The van der Waals surface area contributed by atoms with Gasteiger partial charge in [0.15, 0.2) is 0 Å². The van der Waals surface area contributed by atoms with Crippen LogP contribution in [0, 0.1) is 6.92 Å². The zero-order chi connectivity index (χ0) is 13.4. The molecule has 0 aromatic carbocycles. The molecule has 4 nitrogen and oxygen atoms in total. The van der Waals surface area contributed by atoms with Gasteiger partial charge in [-0.2, -0.15) is 0 Å². The van der Waals surface area contributed by atoms with Crippen LogP contribution in [0.25, 0.3) is 0 Å². The highest BCUT2D eigenvalue weighted by molar-refractivity contribution is 7.13. The number of nitrogens with zero attached hydrogens (tertiary/aromatic N) is 1. The summed E-state index contributed by atoms with van der Waals surface area (Å²) >= 11 is 1.52. The molecule has 0 fully saturated rings. The molecular formula is C13H23N3OS. The number of amides is 1. The first-order chi connectivity index (χ1) is 8.69. The number of rotatable bonds is 8. The molecule has 1 heterocycles. The van der Waals surface area contributed by atoms with Crippen molar-refractivity contribution in [1.29, 1.82) is 0 Å². The second-order valence-corrected chi connectivity index (χ2v) is 5.36. The summed E-state index contributed by atoms with van der Waals surface area (Å²) in [6.07, 6.45) is 3.13. The van der Waals surface area contributed by atoms with Gasteiger partial charge in [0.25, 0.3) is 5.91 Å². The monoisotopic (exact) mass is 269 g/mol. The van der Waals surface area contributed by atoms with E-state index in [0.717, 1.165) is 47.9 Å². The SMILES string of the molecule is CCCNCCNC(=O)c1sc(CCC)nc1C. The summed E-state index contributed by atoms with van der Waals surface area (Å²) in [5.41, 5.74) is 0.850. The van der Waals surface area contributed by atoms with Crippen LogP contribution in [-0.4, -0.2) is 30.5 Å². The molecule has 0 aliphatic carbocycles. The average Bonchev–Trinajstić information content (AvgIpc) is 2.70. The van der Waals surface area contributed by atoms with E-state index >= 15 is 0 Å². The highest BCUT2D eigenvalue weighted by atomic mass is 32.1. The number of hydrogen-bond donors (Lipinski definition) is 2. The zero-order valence-corrected chi connectivity index (χ0v) is 12.3. The lowest BCUT2D eigenvalue weighted by molar-refractivity contribution is 0.0957. The normalized spacial score (nSPS) is 10.6. The largest absolute Gasteiger partial charge is 0.350 e. The summed E-state index contributed by atoms with van der Waals surface area (Å²) in [7, 11) is 0. The summed E-state index contributed by atoms with van der Waals surface area (Å²) in [5, 5.41) is 7.24. The molecule has 18 heavy (non-hydrogen) atoms. The van der Waals surface area contributed by atoms with E-state index in [9.17, 15) is 4.79 Å². The zero-order valence-electron chi connectivity index (χ0n) is 11.5. The first kappa shape index (κ1) is 15.1. The Morgan fingerprint density at radius 3 is 2.67 bits per heavy atom. The minimum Gasteiger partial charge on any atom is -0.350 e. The number of carbonyl (C=O) groups is 1. The fourth-order valence-electron chi connectivity index (χ4n) is 1.63. The van der Waals surface area contributed by atoms with Crippen molar-refractivity contribution >= 4 is 17.2 Å². The first-order valence-corrected chi connectivity index (χ1v) is 7.45. The summed E-state index contributed by atoms with van der Waals surface area (Å²) in [5.74, 6) is 0.00523. The van der Waals surface area contributed by atoms with Crippen LogP contribution in [0.1, 0.15) is 47.1 Å². The molecule has 0 atom stereocenters. The Morgan fingerprint density at radius 2 is 2.00 bits per heavy atom. The predicted molar refractivity (Wildman–Crippen MR) is 76.3 cm³/mol. The van der Waals surface area contributed by atoms with Crippen molar-refractivity contribution in [2.45, 2.75) is 40.0 Å². The van der Waals surface area contributed by atoms with Gasteiger partial charge in [-0.15, -0.1) is 11.3 Å². The molecule has 1 amide bonds. The summed E-state index contributed by atoms with van der Waals surface area (Å²) in [4.78, 5) is 17.1. The third-order valence-corrected chi connectivity index (χ3v) is 3.74. The van der Waals surface area contributed by atoms with E-state index in [2.05, 4.69) is 29.5 Å². The van der Waals surface area contributed by atoms with Gasteiger partial charge in [-0.1, -0.05) is 13.8 Å². The molecule has 0 spiro atoms. The van der Waals surface area contributed by atoms with Crippen molar-refractivity contribution in [2.24, 2.45) is 0 Å². The molecule has 0 bridgehead atoms. The van der Waals surface area contributed by atoms with Crippen molar-refractivity contribution < 1.29 is 4.79 Å². The molecule has 0 aliphatic heterocycles. The number of carbonyl (C=O) groups excluding carboxylic acids is 1. The number of aromatic nitrogens is 1. The van der Waals surface area contributed by atoms with Gasteiger partial charge in [-0.3, -0.25) is 4.79 Å². The number of hydrogen-bond acceptors (Lipinski definition) is 4. The number of aryl methyl sites for hydroxylation is 2. The number of thiazole rings is 1. The summed E-state index contributed by atoms with van der Waals surface area (Å²) in [6.45, 7) is 8.63. The highest BCUT2D eigenvalue weighted by Crippen LogP contribution is 2.18. The number of nitrogens with one attached hydrogen (secondary N) is 2. The second-order valence-electron chi connectivity index (χ2n) is 4.28. The summed E-state index contributed by atoms with van der Waals surface area (Å²) < 4.78 is 0. The molecule has 0 unspecified atom stereocenters. The lowest BCUT2D eigenvalue weighted by Crippen LogP contribution is -2.32. The van der Waals surface area contributed by atoms with E-state index in [-0.39, 0.29) is 5.91 Å². The van der Waals surface area contributed by atoms with Gasteiger partial charge >= 0.3 is 0 Å². The maximum atomic E-state index is 11.9. The first-order valence-electron chi connectivity index (χ1n) is 6.64. The topological polar surface area (TPSA) is 54.0 Å².